The van der Waals surface area contributed by atoms with E-state index in [4.69, 9.17) is 4.74 Å². The van der Waals surface area contributed by atoms with Gasteiger partial charge in [0.05, 0.1) is 12.3 Å². The van der Waals surface area contributed by atoms with Crippen LogP contribution in [0.4, 0.5) is 0 Å². The van der Waals surface area contributed by atoms with E-state index in [0.717, 1.165) is 13.0 Å². The van der Waals surface area contributed by atoms with E-state index in [1.807, 2.05) is 6.92 Å². The van der Waals surface area contributed by atoms with Crippen molar-refractivity contribution in [2.75, 3.05) is 26.7 Å². The number of aromatic nitrogens is 2. The molecule has 1 aromatic heterocycles. The molecule has 1 aromatic rings. The number of methoxy groups -OCH3 is 1. The van der Waals surface area contributed by atoms with Crippen LogP contribution in [0.2, 0.25) is 0 Å². The first kappa shape index (κ1) is 16.4. The van der Waals surface area contributed by atoms with Gasteiger partial charge >= 0.3 is 0 Å². The molecule has 1 aliphatic rings. The highest BCUT2D eigenvalue weighted by atomic mass is 32.2. The average molecular weight is 316 g/mol. The minimum atomic E-state index is -3.55. The van der Waals surface area contributed by atoms with E-state index in [0.29, 0.717) is 31.1 Å². The summed E-state index contributed by atoms with van der Waals surface area (Å²) in [5, 5.41) is 9.84. The zero-order valence-electron chi connectivity index (χ0n) is 12.8. The van der Waals surface area contributed by atoms with Crippen LogP contribution in [0.5, 0.6) is 0 Å². The normalized spacial score (nSPS) is 24.3. The molecule has 0 aliphatic carbocycles. The van der Waals surface area contributed by atoms with Crippen molar-refractivity contribution in [3.63, 3.8) is 0 Å². The molecular formula is C13H24N4O3S. The van der Waals surface area contributed by atoms with Crippen LogP contribution >= 0.6 is 0 Å². The maximum absolute atomic E-state index is 12.8. The quantitative estimate of drug-likeness (QED) is 0.801. The van der Waals surface area contributed by atoms with Gasteiger partial charge < -0.3 is 10.1 Å². The second kappa shape index (κ2) is 6.87. The largest absolute Gasteiger partial charge is 0.380 e. The summed E-state index contributed by atoms with van der Waals surface area (Å²) in [5.41, 5.74) is 0.671. The van der Waals surface area contributed by atoms with Gasteiger partial charge in [0, 0.05) is 32.3 Å². The number of sulfonamides is 1. The third kappa shape index (κ3) is 3.45. The zero-order chi connectivity index (χ0) is 15.5. The van der Waals surface area contributed by atoms with Crippen LogP contribution in [0.15, 0.2) is 11.2 Å². The molecule has 1 saturated heterocycles. The summed E-state index contributed by atoms with van der Waals surface area (Å²) in [7, 11) is -1.92. The van der Waals surface area contributed by atoms with Gasteiger partial charge in [-0.1, -0.05) is 13.8 Å². The summed E-state index contributed by atoms with van der Waals surface area (Å²) in [4.78, 5) is 0. The Balaban J connectivity index is 2.20. The van der Waals surface area contributed by atoms with Gasteiger partial charge in [0.2, 0.25) is 0 Å². The Hall–Kier alpha value is -0.960. The van der Waals surface area contributed by atoms with Gasteiger partial charge in [-0.2, -0.15) is 9.40 Å². The van der Waals surface area contributed by atoms with Crippen molar-refractivity contribution in [1.29, 1.82) is 0 Å². The third-order valence-corrected chi connectivity index (χ3v) is 5.88. The van der Waals surface area contributed by atoms with Crippen molar-refractivity contribution >= 4 is 10.0 Å². The van der Waals surface area contributed by atoms with E-state index in [1.54, 1.807) is 13.3 Å². The molecule has 120 valence electrons. The van der Waals surface area contributed by atoms with Gasteiger partial charge in [-0.3, -0.25) is 5.10 Å². The molecule has 2 heterocycles. The van der Waals surface area contributed by atoms with Crippen molar-refractivity contribution in [2.45, 2.75) is 37.9 Å². The van der Waals surface area contributed by atoms with Crippen LogP contribution in [0.3, 0.4) is 0 Å². The lowest BCUT2D eigenvalue weighted by Gasteiger charge is -2.35. The smallest absolute Gasteiger partial charge is 0.260 e. The van der Waals surface area contributed by atoms with E-state index in [9.17, 15) is 8.42 Å². The minimum absolute atomic E-state index is 0.0614. The number of H-pyrrole nitrogens is 1. The first-order valence-corrected chi connectivity index (χ1v) is 8.70. The number of hydrogen-bond donors (Lipinski definition) is 2. The maximum Gasteiger partial charge on any atom is 0.260 e. The van der Waals surface area contributed by atoms with Gasteiger partial charge in [-0.25, -0.2) is 8.42 Å². The zero-order valence-corrected chi connectivity index (χ0v) is 13.6. The number of hydrogen-bond acceptors (Lipinski definition) is 5. The summed E-state index contributed by atoms with van der Waals surface area (Å²) in [6.07, 6.45) is 2.30. The highest BCUT2D eigenvalue weighted by Crippen LogP contribution is 2.25. The number of nitrogens with zero attached hydrogens (tertiary/aromatic N) is 2. The van der Waals surface area contributed by atoms with E-state index >= 15 is 0 Å². The summed E-state index contributed by atoms with van der Waals surface area (Å²) >= 11 is 0. The predicted molar refractivity (Wildman–Crippen MR) is 79.3 cm³/mol. The van der Waals surface area contributed by atoms with Crippen LogP contribution in [0.25, 0.3) is 0 Å². The topological polar surface area (TPSA) is 87.3 Å². The van der Waals surface area contributed by atoms with Crippen molar-refractivity contribution in [3.8, 4) is 0 Å². The second-order valence-electron chi connectivity index (χ2n) is 5.41. The summed E-state index contributed by atoms with van der Waals surface area (Å²) in [5.74, 6) is 0.365. The fourth-order valence-corrected chi connectivity index (χ4v) is 4.14. The molecule has 2 unspecified atom stereocenters. The van der Waals surface area contributed by atoms with Gasteiger partial charge in [-0.05, 0) is 18.9 Å². The molecule has 1 fully saturated rings. The number of piperidine rings is 1. The standard InChI is InChI=1S/C13H24N4O3S/c1-4-14-7-11-8-15-16-13(11)21(18,19)17-6-5-10(2)12(9-17)20-3/h8,10,12,14H,4-7,9H2,1-3H3,(H,15,16). The van der Waals surface area contributed by atoms with Gasteiger partial charge in [0.1, 0.15) is 0 Å². The van der Waals surface area contributed by atoms with Gasteiger partial charge in [0.25, 0.3) is 10.0 Å². The first-order valence-electron chi connectivity index (χ1n) is 7.26. The Bertz CT molecular complexity index is 558. The first-order chi connectivity index (χ1) is 10.0. The third-order valence-electron chi connectivity index (χ3n) is 4.00. The number of aromatic amines is 1. The van der Waals surface area contributed by atoms with E-state index in [-0.39, 0.29) is 11.1 Å². The molecule has 0 radical (unpaired) electrons. The Morgan fingerprint density at radius 3 is 3.00 bits per heavy atom. The Morgan fingerprint density at radius 2 is 2.33 bits per heavy atom. The molecule has 0 bridgehead atoms. The van der Waals surface area contributed by atoms with Crippen LogP contribution in [0, 0.1) is 5.92 Å². The number of nitrogens with one attached hydrogen (secondary N) is 2. The van der Waals surface area contributed by atoms with Crippen molar-refractivity contribution in [1.82, 2.24) is 19.8 Å². The predicted octanol–water partition coefficient (Wildman–Crippen LogP) is 0.565. The van der Waals surface area contributed by atoms with Gasteiger partial charge in [0.15, 0.2) is 5.03 Å². The molecule has 0 amide bonds. The molecule has 2 atom stereocenters. The van der Waals surface area contributed by atoms with Crippen LogP contribution in [-0.2, 0) is 21.3 Å². The highest BCUT2D eigenvalue weighted by Gasteiger charge is 2.35. The summed E-state index contributed by atoms with van der Waals surface area (Å²) < 4.78 is 32.4. The number of rotatable bonds is 6. The van der Waals surface area contributed by atoms with Crippen molar-refractivity contribution in [3.05, 3.63) is 11.8 Å². The molecule has 0 aromatic carbocycles. The lowest BCUT2D eigenvalue weighted by Crippen LogP contribution is -2.46. The van der Waals surface area contributed by atoms with E-state index < -0.39 is 10.0 Å². The molecule has 21 heavy (non-hydrogen) atoms. The Kier molecular flexibility index (Phi) is 5.37. The average Bonchev–Trinajstić information content (AvgIpc) is 2.94. The molecular weight excluding hydrogens is 292 g/mol. The molecule has 1 aliphatic heterocycles. The fourth-order valence-electron chi connectivity index (χ4n) is 2.57. The molecule has 0 spiro atoms. The molecule has 7 nitrogen and oxygen atoms in total. The molecule has 8 heteroatoms. The summed E-state index contributed by atoms with van der Waals surface area (Å²) in [6.45, 7) is 6.23. The van der Waals surface area contributed by atoms with E-state index in [1.165, 1.54) is 4.31 Å². The van der Waals surface area contributed by atoms with Crippen LogP contribution < -0.4 is 5.32 Å². The SMILES string of the molecule is CCNCc1cn[nH]c1S(=O)(=O)N1CCC(C)C(OC)C1. The van der Waals surface area contributed by atoms with Crippen LogP contribution in [-0.4, -0.2) is 55.8 Å². The van der Waals surface area contributed by atoms with Crippen LogP contribution in [0.1, 0.15) is 25.8 Å². The number of ether oxygens (including phenoxy) is 1. The van der Waals surface area contributed by atoms with Crippen molar-refractivity contribution < 1.29 is 13.2 Å². The minimum Gasteiger partial charge on any atom is -0.380 e. The maximum atomic E-state index is 12.8. The fraction of sp³-hybridized carbons (Fsp3) is 0.769. The van der Waals surface area contributed by atoms with Crippen molar-refractivity contribution in [2.24, 2.45) is 5.92 Å². The molecule has 2 rings (SSSR count). The monoisotopic (exact) mass is 316 g/mol. The second-order valence-corrected chi connectivity index (χ2v) is 7.28. The Labute approximate surface area is 126 Å². The Morgan fingerprint density at radius 1 is 1.57 bits per heavy atom. The van der Waals surface area contributed by atoms with Gasteiger partial charge in [-0.15, -0.1) is 0 Å². The summed E-state index contributed by atoms with van der Waals surface area (Å²) in [6, 6.07) is 0. The lowest BCUT2D eigenvalue weighted by molar-refractivity contribution is 0.0183. The molecule has 2 N–H and O–H groups in total. The highest BCUT2D eigenvalue weighted by molar-refractivity contribution is 7.89. The lowest BCUT2D eigenvalue weighted by atomic mass is 9.97. The molecule has 0 saturated carbocycles. The van der Waals surface area contributed by atoms with E-state index in [2.05, 4.69) is 22.4 Å².